The van der Waals surface area contributed by atoms with Crippen LogP contribution in [0, 0.1) is 0 Å². The van der Waals surface area contributed by atoms with Crippen LogP contribution in [0.3, 0.4) is 0 Å². The Morgan fingerprint density at radius 3 is 2.82 bits per heavy atom. The topological polar surface area (TPSA) is 74.1 Å². The standard InChI is InChI=1S/C8H12ClN3O3S2/c1-12-8(16-6-4-3-5-9)10-7(11-12)15-17(2,13)14/h3-4H,5-6H2,1-2H3. The van der Waals surface area contributed by atoms with Crippen LogP contribution in [0.5, 0.6) is 6.01 Å². The lowest BCUT2D eigenvalue weighted by Gasteiger charge is -1.94. The van der Waals surface area contributed by atoms with Gasteiger partial charge in [-0.2, -0.15) is 13.4 Å². The van der Waals surface area contributed by atoms with Crippen LogP contribution in [-0.2, 0) is 17.2 Å². The maximum atomic E-state index is 10.9. The molecule has 96 valence electrons. The summed E-state index contributed by atoms with van der Waals surface area (Å²) in [5.74, 6) is 1.14. The number of nitrogens with zero attached hydrogens (tertiary/aromatic N) is 3. The summed E-state index contributed by atoms with van der Waals surface area (Å²) in [4.78, 5) is 3.94. The Labute approximate surface area is 109 Å². The van der Waals surface area contributed by atoms with Crippen LogP contribution in [-0.4, -0.2) is 41.1 Å². The first kappa shape index (κ1) is 14.3. The fraction of sp³-hybridized carbons (Fsp3) is 0.500. The lowest BCUT2D eigenvalue weighted by Crippen LogP contribution is -2.07. The summed E-state index contributed by atoms with van der Waals surface area (Å²) < 4.78 is 27.8. The predicted molar refractivity (Wildman–Crippen MR) is 67.1 cm³/mol. The SMILES string of the molecule is Cn1nc(OS(C)(=O)=O)nc1SCC=CCCl. The van der Waals surface area contributed by atoms with E-state index >= 15 is 0 Å². The molecule has 0 amide bonds. The Morgan fingerprint density at radius 1 is 1.53 bits per heavy atom. The lowest BCUT2D eigenvalue weighted by molar-refractivity contribution is 0.468. The third-order valence-corrected chi connectivity index (χ3v) is 3.10. The molecule has 0 radical (unpaired) electrons. The number of halogens is 1. The van der Waals surface area contributed by atoms with Crippen molar-refractivity contribution in [3.8, 4) is 6.01 Å². The van der Waals surface area contributed by atoms with Gasteiger partial charge >= 0.3 is 16.1 Å². The molecule has 0 saturated carbocycles. The molecule has 1 aromatic rings. The second kappa shape index (κ2) is 6.27. The minimum atomic E-state index is -3.59. The zero-order valence-corrected chi connectivity index (χ0v) is 11.7. The Morgan fingerprint density at radius 2 is 2.24 bits per heavy atom. The van der Waals surface area contributed by atoms with Crippen molar-refractivity contribution in [3.05, 3.63) is 12.2 Å². The van der Waals surface area contributed by atoms with E-state index in [-0.39, 0.29) is 6.01 Å². The van der Waals surface area contributed by atoms with E-state index in [1.165, 1.54) is 16.4 Å². The molecule has 1 heterocycles. The van der Waals surface area contributed by atoms with E-state index in [2.05, 4.69) is 14.3 Å². The number of aromatic nitrogens is 3. The van der Waals surface area contributed by atoms with Gasteiger partial charge in [0.05, 0.1) is 6.26 Å². The Balaban J connectivity index is 2.65. The summed E-state index contributed by atoms with van der Waals surface area (Å²) in [6.07, 6.45) is 4.65. The van der Waals surface area contributed by atoms with Crippen molar-refractivity contribution in [1.29, 1.82) is 0 Å². The maximum absolute atomic E-state index is 10.9. The van der Waals surface area contributed by atoms with Gasteiger partial charge in [-0.25, -0.2) is 4.68 Å². The molecule has 0 aliphatic carbocycles. The van der Waals surface area contributed by atoms with E-state index in [1.807, 2.05) is 12.2 Å². The molecule has 1 aromatic heterocycles. The van der Waals surface area contributed by atoms with Gasteiger partial charge in [0.1, 0.15) is 0 Å². The predicted octanol–water partition coefficient (Wildman–Crippen LogP) is 1.04. The number of allylic oxidation sites excluding steroid dienone is 1. The molecular weight excluding hydrogens is 286 g/mol. The first-order chi connectivity index (χ1) is 7.92. The van der Waals surface area contributed by atoms with Crippen LogP contribution in [0.15, 0.2) is 17.3 Å². The summed E-state index contributed by atoms with van der Waals surface area (Å²) >= 11 is 6.88. The number of thioether (sulfide) groups is 1. The summed E-state index contributed by atoms with van der Waals surface area (Å²) in [6, 6.07) is -0.168. The Kier molecular flexibility index (Phi) is 5.29. The number of rotatable bonds is 6. The molecule has 0 aliphatic heterocycles. The number of alkyl halides is 1. The van der Waals surface area contributed by atoms with E-state index in [0.29, 0.717) is 16.8 Å². The molecule has 17 heavy (non-hydrogen) atoms. The maximum Gasteiger partial charge on any atom is 0.352 e. The summed E-state index contributed by atoms with van der Waals surface area (Å²) in [5, 5.41) is 4.40. The first-order valence-electron chi connectivity index (χ1n) is 4.56. The van der Waals surface area contributed by atoms with E-state index in [1.54, 1.807) is 7.05 Å². The minimum absolute atomic E-state index is 0.168. The monoisotopic (exact) mass is 297 g/mol. The second-order valence-electron chi connectivity index (χ2n) is 3.02. The van der Waals surface area contributed by atoms with Crippen molar-refractivity contribution in [2.45, 2.75) is 5.16 Å². The van der Waals surface area contributed by atoms with Crippen molar-refractivity contribution in [2.75, 3.05) is 17.9 Å². The van der Waals surface area contributed by atoms with Gasteiger partial charge in [0.2, 0.25) is 0 Å². The molecule has 0 unspecified atom stereocenters. The van der Waals surface area contributed by atoms with Gasteiger partial charge in [-0.05, 0) is 0 Å². The summed E-state index contributed by atoms with van der Waals surface area (Å²) in [6.45, 7) is 0. The van der Waals surface area contributed by atoms with Gasteiger partial charge in [-0.15, -0.1) is 16.7 Å². The van der Waals surface area contributed by atoms with E-state index in [0.717, 1.165) is 6.26 Å². The Hall–Kier alpha value is -0.730. The highest BCUT2D eigenvalue weighted by molar-refractivity contribution is 7.99. The van der Waals surface area contributed by atoms with Gasteiger partial charge in [0.25, 0.3) is 0 Å². The molecule has 0 atom stereocenters. The summed E-state index contributed by atoms with van der Waals surface area (Å²) in [5.41, 5.74) is 0. The zero-order valence-electron chi connectivity index (χ0n) is 9.33. The number of hydrogen-bond acceptors (Lipinski definition) is 6. The van der Waals surface area contributed by atoms with Crippen LogP contribution in [0.1, 0.15) is 0 Å². The molecule has 0 fully saturated rings. The third-order valence-electron chi connectivity index (χ3n) is 1.49. The second-order valence-corrected chi connectivity index (χ2v) is 5.90. The molecular formula is C8H12ClN3O3S2. The van der Waals surface area contributed by atoms with E-state index < -0.39 is 10.1 Å². The number of aryl methyl sites for hydroxylation is 1. The van der Waals surface area contributed by atoms with Crippen LogP contribution < -0.4 is 4.18 Å². The smallest absolute Gasteiger partial charge is 0.342 e. The Bertz CT molecular complexity index is 498. The van der Waals surface area contributed by atoms with Crippen molar-refractivity contribution in [3.63, 3.8) is 0 Å². The summed E-state index contributed by atoms with van der Waals surface area (Å²) in [7, 11) is -1.93. The molecule has 0 aliphatic rings. The van der Waals surface area contributed by atoms with Crippen LogP contribution in [0.25, 0.3) is 0 Å². The quantitative estimate of drug-likeness (QED) is 0.338. The average Bonchev–Trinajstić information content (AvgIpc) is 2.51. The van der Waals surface area contributed by atoms with Gasteiger partial charge < -0.3 is 4.18 Å². The van der Waals surface area contributed by atoms with Gasteiger partial charge in [-0.3, -0.25) is 0 Å². The van der Waals surface area contributed by atoms with Crippen LogP contribution >= 0.6 is 23.4 Å². The lowest BCUT2D eigenvalue weighted by atomic mass is 10.6. The van der Waals surface area contributed by atoms with Gasteiger partial charge in [0.15, 0.2) is 5.16 Å². The fourth-order valence-corrected chi connectivity index (χ4v) is 2.12. The highest BCUT2D eigenvalue weighted by Gasteiger charge is 2.12. The average molecular weight is 298 g/mol. The largest absolute Gasteiger partial charge is 0.352 e. The van der Waals surface area contributed by atoms with Gasteiger partial charge in [0, 0.05) is 18.7 Å². The highest BCUT2D eigenvalue weighted by atomic mass is 35.5. The number of hydrogen-bond donors (Lipinski definition) is 0. The molecule has 0 bridgehead atoms. The molecule has 0 aromatic carbocycles. The molecule has 0 N–H and O–H groups in total. The zero-order chi connectivity index (χ0) is 12.9. The molecule has 9 heteroatoms. The fourth-order valence-electron chi connectivity index (χ4n) is 0.898. The van der Waals surface area contributed by atoms with Crippen molar-refractivity contribution in [1.82, 2.24) is 14.8 Å². The molecule has 0 spiro atoms. The molecule has 1 rings (SSSR count). The van der Waals surface area contributed by atoms with Crippen molar-refractivity contribution in [2.24, 2.45) is 7.05 Å². The van der Waals surface area contributed by atoms with E-state index in [4.69, 9.17) is 11.6 Å². The van der Waals surface area contributed by atoms with Gasteiger partial charge in [-0.1, -0.05) is 23.9 Å². The van der Waals surface area contributed by atoms with Crippen molar-refractivity contribution < 1.29 is 12.6 Å². The first-order valence-corrected chi connectivity index (χ1v) is 7.90. The normalized spacial score (nSPS) is 12.2. The van der Waals surface area contributed by atoms with Crippen LogP contribution in [0.4, 0.5) is 0 Å². The van der Waals surface area contributed by atoms with Crippen molar-refractivity contribution >= 4 is 33.5 Å². The third kappa shape index (κ3) is 5.42. The van der Waals surface area contributed by atoms with E-state index in [9.17, 15) is 8.42 Å². The molecule has 0 saturated heterocycles. The highest BCUT2D eigenvalue weighted by Crippen LogP contribution is 2.18. The molecule has 6 nitrogen and oxygen atoms in total. The minimum Gasteiger partial charge on any atom is -0.342 e. The van der Waals surface area contributed by atoms with Crippen LogP contribution in [0.2, 0.25) is 0 Å².